The number of benzene rings is 2. The zero-order chi connectivity index (χ0) is 18.6. The molecular weight excluding hydrogens is 340 g/mol. The minimum Gasteiger partial charge on any atom is -0.329 e. The first-order valence-corrected chi connectivity index (χ1v) is 9.20. The molecule has 1 atom stereocenters. The third-order valence-electron chi connectivity index (χ3n) is 5.00. The summed E-state index contributed by atoms with van der Waals surface area (Å²) in [5.41, 5.74) is 3.96. The van der Waals surface area contributed by atoms with E-state index in [2.05, 4.69) is 52.0 Å². The van der Waals surface area contributed by atoms with Gasteiger partial charge in [0.2, 0.25) is 0 Å². The molecule has 0 saturated carbocycles. The van der Waals surface area contributed by atoms with Gasteiger partial charge in [0.1, 0.15) is 6.33 Å². The Labute approximate surface area is 158 Å². The first-order chi connectivity index (χ1) is 13.3. The summed E-state index contributed by atoms with van der Waals surface area (Å²) in [5.74, 6) is 0.0457. The number of hydrogen-bond donors (Lipinski definition) is 1. The zero-order valence-corrected chi connectivity index (χ0v) is 15.2. The Kier molecular flexibility index (Phi) is 4.93. The fraction of sp³-hybridized carbons (Fsp3) is 0.300. The minimum absolute atomic E-state index is 0.0383. The van der Waals surface area contributed by atoms with Gasteiger partial charge in [-0.05, 0) is 52.2 Å². The molecule has 1 aliphatic heterocycles. The smallest absolute Gasteiger partial charge is 0.254 e. The van der Waals surface area contributed by atoms with Crippen LogP contribution < -0.4 is 5.32 Å². The number of aryl methyl sites for hydroxylation is 1. The van der Waals surface area contributed by atoms with Crippen molar-refractivity contribution in [2.75, 3.05) is 19.6 Å². The van der Waals surface area contributed by atoms with Crippen molar-refractivity contribution in [2.45, 2.75) is 19.4 Å². The Morgan fingerprint density at radius 2 is 1.93 bits per heavy atom. The highest BCUT2D eigenvalue weighted by atomic mass is 16.2. The number of hydrogen-bond acceptors (Lipinski definition) is 5. The number of carbonyl (C=O) groups excluding carboxylic acids is 1. The second-order valence-electron chi connectivity index (χ2n) is 6.61. The van der Waals surface area contributed by atoms with E-state index in [1.54, 1.807) is 4.68 Å². The summed E-state index contributed by atoms with van der Waals surface area (Å²) in [7, 11) is 0. The zero-order valence-electron chi connectivity index (χ0n) is 15.2. The molecule has 3 aromatic rings. The topological polar surface area (TPSA) is 75.9 Å². The second-order valence-corrected chi connectivity index (χ2v) is 6.61. The van der Waals surface area contributed by atoms with Crippen LogP contribution in [0.25, 0.3) is 5.69 Å². The number of amides is 1. The molecule has 0 aliphatic carbocycles. The Balaban J connectivity index is 1.56. The monoisotopic (exact) mass is 362 g/mol. The molecule has 1 aliphatic rings. The highest BCUT2D eigenvalue weighted by molar-refractivity contribution is 5.94. The van der Waals surface area contributed by atoms with Crippen molar-refractivity contribution >= 4 is 5.91 Å². The Hall–Kier alpha value is -3.06. The lowest BCUT2D eigenvalue weighted by Crippen LogP contribution is -2.48. The van der Waals surface area contributed by atoms with E-state index in [4.69, 9.17) is 0 Å². The van der Waals surface area contributed by atoms with E-state index in [1.165, 1.54) is 11.9 Å². The average Bonchev–Trinajstić information content (AvgIpc) is 3.28. The Morgan fingerprint density at radius 3 is 2.59 bits per heavy atom. The van der Waals surface area contributed by atoms with Gasteiger partial charge in [-0.15, -0.1) is 5.10 Å². The average molecular weight is 362 g/mol. The van der Waals surface area contributed by atoms with Crippen LogP contribution in [0.3, 0.4) is 0 Å². The molecule has 0 bridgehead atoms. The molecule has 1 unspecified atom stereocenters. The Bertz CT molecular complexity index is 889. The van der Waals surface area contributed by atoms with Crippen molar-refractivity contribution in [3.8, 4) is 5.69 Å². The van der Waals surface area contributed by atoms with Crippen molar-refractivity contribution in [3.63, 3.8) is 0 Å². The molecule has 2 aromatic carbocycles. The van der Waals surface area contributed by atoms with Crippen LogP contribution >= 0.6 is 0 Å². The molecule has 7 heteroatoms. The van der Waals surface area contributed by atoms with Crippen LogP contribution in [0.4, 0.5) is 0 Å². The van der Waals surface area contributed by atoms with Crippen LogP contribution in [-0.4, -0.2) is 50.6 Å². The molecule has 1 saturated heterocycles. The Morgan fingerprint density at radius 1 is 1.15 bits per heavy atom. The first kappa shape index (κ1) is 17.4. The number of tetrazole rings is 1. The quantitative estimate of drug-likeness (QED) is 0.768. The van der Waals surface area contributed by atoms with E-state index < -0.39 is 0 Å². The number of rotatable bonds is 4. The van der Waals surface area contributed by atoms with Gasteiger partial charge in [-0.1, -0.05) is 31.2 Å². The maximum Gasteiger partial charge on any atom is 0.254 e. The third kappa shape index (κ3) is 3.59. The van der Waals surface area contributed by atoms with Crippen LogP contribution in [0, 0.1) is 0 Å². The number of aromatic nitrogens is 4. The van der Waals surface area contributed by atoms with E-state index in [9.17, 15) is 4.79 Å². The summed E-state index contributed by atoms with van der Waals surface area (Å²) >= 11 is 0. The van der Waals surface area contributed by atoms with Crippen LogP contribution in [0.1, 0.15) is 34.5 Å². The number of piperazine rings is 1. The molecule has 1 aromatic heterocycles. The number of nitrogens with zero attached hydrogens (tertiary/aromatic N) is 5. The largest absolute Gasteiger partial charge is 0.329 e. The van der Waals surface area contributed by atoms with Gasteiger partial charge in [-0.25, -0.2) is 4.68 Å². The van der Waals surface area contributed by atoms with Crippen molar-refractivity contribution in [1.29, 1.82) is 0 Å². The SMILES string of the molecule is CCc1ccc(C2CNCCN2C(=O)c2ccc(-n3cnnn3)cc2)cc1. The fourth-order valence-electron chi connectivity index (χ4n) is 3.42. The van der Waals surface area contributed by atoms with Gasteiger partial charge in [0.25, 0.3) is 5.91 Å². The lowest BCUT2D eigenvalue weighted by atomic mass is 10.00. The van der Waals surface area contributed by atoms with Gasteiger partial charge in [0, 0.05) is 25.2 Å². The van der Waals surface area contributed by atoms with Crippen molar-refractivity contribution in [3.05, 3.63) is 71.5 Å². The molecule has 27 heavy (non-hydrogen) atoms. The summed E-state index contributed by atoms with van der Waals surface area (Å²) in [4.78, 5) is 15.1. The first-order valence-electron chi connectivity index (χ1n) is 9.20. The van der Waals surface area contributed by atoms with Crippen molar-refractivity contribution in [1.82, 2.24) is 30.4 Å². The van der Waals surface area contributed by atoms with Crippen molar-refractivity contribution in [2.24, 2.45) is 0 Å². The third-order valence-corrected chi connectivity index (χ3v) is 5.00. The highest BCUT2D eigenvalue weighted by Crippen LogP contribution is 2.25. The number of nitrogens with one attached hydrogen (secondary N) is 1. The molecular formula is C20H22N6O. The van der Waals surface area contributed by atoms with E-state index in [-0.39, 0.29) is 11.9 Å². The summed E-state index contributed by atoms with van der Waals surface area (Å²) in [6.45, 7) is 4.40. The van der Waals surface area contributed by atoms with Gasteiger partial charge in [0.15, 0.2) is 0 Å². The number of carbonyl (C=O) groups is 1. The molecule has 1 N–H and O–H groups in total. The summed E-state index contributed by atoms with van der Waals surface area (Å²) in [6.07, 6.45) is 2.54. The summed E-state index contributed by atoms with van der Waals surface area (Å²) < 4.78 is 1.57. The molecule has 0 radical (unpaired) electrons. The minimum atomic E-state index is 0.0383. The van der Waals surface area contributed by atoms with Gasteiger partial charge >= 0.3 is 0 Å². The maximum atomic E-state index is 13.2. The van der Waals surface area contributed by atoms with E-state index >= 15 is 0 Å². The van der Waals surface area contributed by atoms with E-state index in [1.807, 2.05) is 29.2 Å². The van der Waals surface area contributed by atoms with E-state index in [0.717, 1.165) is 30.8 Å². The van der Waals surface area contributed by atoms with Crippen LogP contribution in [0.15, 0.2) is 54.9 Å². The van der Waals surface area contributed by atoms with Gasteiger partial charge < -0.3 is 10.2 Å². The highest BCUT2D eigenvalue weighted by Gasteiger charge is 2.28. The molecule has 138 valence electrons. The molecule has 7 nitrogen and oxygen atoms in total. The maximum absolute atomic E-state index is 13.2. The van der Waals surface area contributed by atoms with Crippen LogP contribution in [-0.2, 0) is 6.42 Å². The molecule has 2 heterocycles. The molecule has 1 amide bonds. The van der Waals surface area contributed by atoms with Gasteiger partial charge in [-0.2, -0.15) is 0 Å². The lowest BCUT2D eigenvalue weighted by Gasteiger charge is -2.36. The van der Waals surface area contributed by atoms with Crippen LogP contribution in [0.2, 0.25) is 0 Å². The second kappa shape index (κ2) is 7.67. The predicted molar refractivity (Wildman–Crippen MR) is 102 cm³/mol. The molecule has 1 fully saturated rings. The molecule has 4 rings (SSSR count). The summed E-state index contributed by atoms with van der Waals surface area (Å²) in [5, 5.41) is 14.5. The lowest BCUT2D eigenvalue weighted by molar-refractivity contribution is 0.0634. The fourth-order valence-corrected chi connectivity index (χ4v) is 3.42. The van der Waals surface area contributed by atoms with Crippen molar-refractivity contribution < 1.29 is 4.79 Å². The predicted octanol–water partition coefficient (Wildman–Crippen LogP) is 2.01. The van der Waals surface area contributed by atoms with Gasteiger partial charge in [0.05, 0.1) is 11.7 Å². The standard InChI is InChI=1S/C20H22N6O/c1-2-15-3-5-16(6-4-15)19-13-21-11-12-25(19)20(27)17-7-9-18(10-8-17)26-14-22-23-24-26/h3-10,14,19,21H,2,11-13H2,1H3. The van der Waals surface area contributed by atoms with E-state index in [0.29, 0.717) is 12.1 Å². The summed E-state index contributed by atoms with van der Waals surface area (Å²) in [6, 6.07) is 16.0. The van der Waals surface area contributed by atoms with Gasteiger partial charge in [-0.3, -0.25) is 4.79 Å². The normalized spacial score (nSPS) is 17.1. The molecule has 0 spiro atoms. The van der Waals surface area contributed by atoms with Crippen LogP contribution in [0.5, 0.6) is 0 Å².